The molecule has 5 nitrogen and oxygen atoms in total. The Morgan fingerprint density at radius 2 is 1.54 bits per heavy atom. The second kappa shape index (κ2) is 10.4. The summed E-state index contributed by atoms with van der Waals surface area (Å²) in [7, 11) is 0. The molecule has 0 saturated carbocycles. The minimum Gasteiger partial charge on any atom is -0.326 e. The molecule has 2 aromatic rings. The fourth-order valence-electron chi connectivity index (χ4n) is 2.73. The summed E-state index contributed by atoms with van der Waals surface area (Å²) in [6.45, 7) is 4.27. The van der Waals surface area contributed by atoms with Gasteiger partial charge in [0.25, 0.3) is 0 Å². The number of carbonyl (C=O) groups excluding carboxylic acids is 2. The minimum atomic E-state index is -0.114. The number of hydrogen-bond donors (Lipinski definition) is 3. The maximum Gasteiger partial charge on any atom is 0.238 e. The molecule has 2 aromatic carbocycles. The first-order valence-electron chi connectivity index (χ1n) is 9.10. The Hall–Kier alpha value is -2.66. The van der Waals surface area contributed by atoms with E-state index in [2.05, 4.69) is 35.0 Å². The van der Waals surface area contributed by atoms with E-state index in [0.717, 1.165) is 12.8 Å². The zero-order valence-electron chi connectivity index (χ0n) is 15.4. The van der Waals surface area contributed by atoms with E-state index in [-0.39, 0.29) is 24.4 Å². The van der Waals surface area contributed by atoms with E-state index in [4.69, 9.17) is 0 Å². The van der Waals surface area contributed by atoms with Crippen molar-refractivity contribution in [2.24, 2.45) is 0 Å². The molecule has 2 amide bonds. The van der Waals surface area contributed by atoms with Crippen molar-refractivity contribution in [1.82, 2.24) is 5.32 Å². The highest BCUT2D eigenvalue weighted by atomic mass is 16.2. The Bertz CT molecular complexity index is 716. The molecule has 138 valence electrons. The quantitative estimate of drug-likeness (QED) is 0.635. The van der Waals surface area contributed by atoms with Gasteiger partial charge < -0.3 is 16.0 Å². The van der Waals surface area contributed by atoms with Crippen LogP contribution in [0.4, 0.5) is 11.4 Å². The van der Waals surface area contributed by atoms with Gasteiger partial charge in [-0.1, -0.05) is 50.2 Å². The van der Waals surface area contributed by atoms with Gasteiger partial charge in [-0.2, -0.15) is 0 Å². The van der Waals surface area contributed by atoms with E-state index in [0.29, 0.717) is 17.8 Å². The van der Waals surface area contributed by atoms with Crippen molar-refractivity contribution in [3.63, 3.8) is 0 Å². The first kappa shape index (κ1) is 19.7. The van der Waals surface area contributed by atoms with Crippen LogP contribution in [-0.4, -0.2) is 18.4 Å². The zero-order chi connectivity index (χ0) is 18.8. The van der Waals surface area contributed by atoms with Gasteiger partial charge in [0.1, 0.15) is 0 Å². The monoisotopic (exact) mass is 353 g/mol. The van der Waals surface area contributed by atoms with Crippen LogP contribution in [0.15, 0.2) is 54.6 Å². The van der Waals surface area contributed by atoms with Crippen LogP contribution in [0.3, 0.4) is 0 Å². The SMILES string of the molecule is CCCC(=O)Nc1cccc(NC(=O)CNC(CC)c2ccccc2)c1. The minimum absolute atomic E-state index is 0.0220. The number of carbonyl (C=O) groups is 2. The van der Waals surface area contributed by atoms with Crippen molar-refractivity contribution >= 4 is 23.2 Å². The number of amides is 2. The molecule has 0 aromatic heterocycles. The highest BCUT2D eigenvalue weighted by Gasteiger charge is 2.11. The molecule has 1 atom stereocenters. The molecule has 0 fully saturated rings. The zero-order valence-corrected chi connectivity index (χ0v) is 15.4. The Morgan fingerprint density at radius 1 is 0.885 bits per heavy atom. The molecule has 5 heteroatoms. The summed E-state index contributed by atoms with van der Waals surface area (Å²) in [6, 6.07) is 17.4. The molecule has 0 bridgehead atoms. The second-order valence-electron chi connectivity index (χ2n) is 6.18. The number of benzene rings is 2. The number of rotatable bonds is 9. The Morgan fingerprint density at radius 3 is 2.15 bits per heavy atom. The maximum atomic E-state index is 12.2. The van der Waals surface area contributed by atoms with Gasteiger partial charge in [-0.15, -0.1) is 0 Å². The standard InChI is InChI=1S/C21H27N3O2/c1-3-9-20(25)23-17-12-8-13-18(14-17)24-21(26)15-22-19(4-2)16-10-6-5-7-11-16/h5-8,10-14,19,22H,3-4,9,15H2,1-2H3,(H,23,25)(H,24,26). The van der Waals surface area contributed by atoms with Crippen LogP contribution >= 0.6 is 0 Å². The third-order valence-corrected chi connectivity index (χ3v) is 4.03. The molecular weight excluding hydrogens is 326 g/mol. The average molecular weight is 353 g/mol. The molecule has 0 aliphatic carbocycles. The van der Waals surface area contributed by atoms with Crippen LogP contribution in [0.2, 0.25) is 0 Å². The number of hydrogen-bond acceptors (Lipinski definition) is 3. The Kier molecular flexibility index (Phi) is 7.83. The van der Waals surface area contributed by atoms with Crippen LogP contribution in [0.1, 0.15) is 44.7 Å². The van der Waals surface area contributed by atoms with E-state index >= 15 is 0 Å². The van der Waals surface area contributed by atoms with Crippen LogP contribution in [0.25, 0.3) is 0 Å². The third-order valence-electron chi connectivity index (χ3n) is 4.03. The van der Waals surface area contributed by atoms with Gasteiger partial charge in [0.2, 0.25) is 11.8 Å². The van der Waals surface area contributed by atoms with Crippen LogP contribution in [0.5, 0.6) is 0 Å². The molecule has 2 rings (SSSR count). The molecule has 0 aliphatic rings. The molecule has 0 aliphatic heterocycles. The van der Waals surface area contributed by atoms with Crippen LogP contribution in [0, 0.1) is 0 Å². The largest absolute Gasteiger partial charge is 0.326 e. The summed E-state index contributed by atoms with van der Waals surface area (Å²) >= 11 is 0. The second-order valence-corrected chi connectivity index (χ2v) is 6.18. The first-order valence-corrected chi connectivity index (χ1v) is 9.10. The molecule has 26 heavy (non-hydrogen) atoms. The van der Waals surface area contributed by atoms with E-state index in [9.17, 15) is 9.59 Å². The molecule has 3 N–H and O–H groups in total. The lowest BCUT2D eigenvalue weighted by atomic mass is 10.0. The van der Waals surface area contributed by atoms with Gasteiger partial charge in [0.05, 0.1) is 6.54 Å². The van der Waals surface area contributed by atoms with E-state index in [1.54, 1.807) is 6.07 Å². The summed E-state index contributed by atoms with van der Waals surface area (Å²) in [6.07, 6.45) is 2.18. The number of anilines is 2. The van der Waals surface area contributed by atoms with Crippen molar-refractivity contribution in [3.8, 4) is 0 Å². The van der Waals surface area contributed by atoms with Crippen molar-refractivity contribution in [1.29, 1.82) is 0 Å². The Labute approximate surface area is 155 Å². The lowest BCUT2D eigenvalue weighted by molar-refractivity contribution is -0.116. The summed E-state index contributed by atoms with van der Waals surface area (Å²) in [5.41, 5.74) is 2.52. The van der Waals surface area contributed by atoms with Gasteiger partial charge in [-0.25, -0.2) is 0 Å². The fraction of sp³-hybridized carbons (Fsp3) is 0.333. The fourth-order valence-corrected chi connectivity index (χ4v) is 2.73. The van der Waals surface area contributed by atoms with Crippen LogP contribution < -0.4 is 16.0 Å². The molecule has 1 unspecified atom stereocenters. The van der Waals surface area contributed by atoms with Gasteiger partial charge >= 0.3 is 0 Å². The maximum absolute atomic E-state index is 12.2. The molecule has 0 heterocycles. The summed E-state index contributed by atoms with van der Waals surface area (Å²) in [5, 5.41) is 8.98. The molecular formula is C21H27N3O2. The van der Waals surface area contributed by atoms with Gasteiger partial charge in [0, 0.05) is 23.8 Å². The lowest BCUT2D eigenvalue weighted by Gasteiger charge is -2.17. The van der Waals surface area contributed by atoms with E-state index in [1.807, 2.05) is 43.3 Å². The normalized spacial score (nSPS) is 11.6. The Balaban J connectivity index is 1.88. The smallest absolute Gasteiger partial charge is 0.238 e. The van der Waals surface area contributed by atoms with Crippen molar-refractivity contribution in [2.75, 3.05) is 17.2 Å². The van der Waals surface area contributed by atoms with Crippen molar-refractivity contribution < 1.29 is 9.59 Å². The van der Waals surface area contributed by atoms with Crippen molar-refractivity contribution in [2.45, 2.75) is 39.2 Å². The molecule has 0 spiro atoms. The van der Waals surface area contributed by atoms with Gasteiger partial charge in [-0.3, -0.25) is 9.59 Å². The molecule has 0 radical (unpaired) electrons. The predicted octanol–water partition coefficient (Wildman–Crippen LogP) is 4.10. The lowest BCUT2D eigenvalue weighted by Crippen LogP contribution is -2.31. The third kappa shape index (κ3) is 6.33. The van der Waals surface area contributed by atoms with E-state index in [1.165, 1.54) is 5.56 Å². The highest BCUT2D eigenvalue weighted by molar-refractivity contribution is 5.94. The van der Waals surface area contributed by atoms with Crippen LogP contribution in [-0.2, 0) is 9.59 Å². The summed E-state index contributed by atoms with van der Waals surface area (Å²) in [4.78, 5) is 23.9. The summed E-state index contributed by atoms with van der Waals surface area (Å²) < 4.78 is 0. The number of nitrogens with one attached hydrogen (secondary N) is 3. The highest BCUT2D eigenvalue weighted by Crippen LogP contribution is 2.17. The first-order chi connectivity index (χ1) is 12.6. The molecule has 0 saturated heterocycles. The predicted molar refractivity (Wildman–Crippen MR) is 106 cm³/mol. The van der Waals surface area contributed by atoms with Gasteiger partial charge in [-0.05, 0) is 36.6 Å². The summed E-state index contributed by atoms with van der Waals surface area (Å²) in [5.74, 6) is -0.136. The topological polar surface area (TPSA) is 70.2 Å². The van der Waals surface area contributed by atoms with Crippen molar-refractivity contribution in [3.05, 3.63) is 60.2 Å². The van der Waals surface area contributed by atoms with E-state index < -0.39 is 0 Å². The average Bonchev–Trinajstić information content (AvgIpc) is 2.63. The van der Waals surface area contributed by atoms with Gasteiger partial charge in [0.15, 0.2) is 0 Å².